The maximum absolute atomic E-state index is 12.9. The molecule has 2 aromatic carbocycles. The van der Waals surface area contributed by atoms with Crippen molar-refractivity contribution in [3.63, 3.8) is 0 Å². The van der Waals surface area contributed by atoms with Crippen LogP contribution in [0.3, 0.4) is 0 Å². The number of alkyl halides is 3. The molecule has 0 saturated carbocycles. The lowest BCUT2D eigenvalue weighted by Gasteiger charge is -2.17. The van der Waals surface area contributed by atoms with E-state index >= 15 is 0 Å². The zero-order valence-electron chi connectivity index (χ0n) is 21.6. The number of furan rings is 1. The van der Waals surface area contributed by atoms with Crippen LogP contribution in [0.1, 0.15) is 32.6 Å². The number of benzene rings is 2. The molecule has 212 valence electrons. The molecule has 0 bridgehead atoms. The summed E-state index contributed by atoms with van der Waals surface area (Å²) in [5.41, 5.74) is 0.802. The Morgan fingerprint density at radius 2 is 1.67 bits per heavy atom. The van der Waals surface area contributed by atoms with E-state index in [0.717, 1.165) is 6.07 Å². The van der Waals surface area contributed by atoms with Gasteiger partial charge in [-0.15, -0.1) is 13.2 Å². The lowest BCUT2D eigenvalue weighted by Crippen LogP contribution is -2.26. The largest absolute Gasteiger partial charge is 0.573 e. The van der Waals surface area contributed by atoms with Gasteiger partial charge in [-0.2, -0.15) is 0 Å². The van der Waals surface area contributed by atoms with Crippen molar-refractivity contribution in [2.75, 3.05) is 20.3 Å². The van der Waals surface area contributed by atoms with Crippen LogP contribution in [0, 0.1) is 0 Å². The summed E-state index contributed by atoms with van der Waals surface area (Å²) >= 11 is 0. The van der Waals surface area contributed by atoms with Crippen LogP contribution in [0.5, 0.6) is 17.2 Å². The molecule has 0 saturated heterocycles. The fourth-order valence-corrected chi connectivity index (χ4v) is 3.72. The first-order valence-corrected chi connectivity index (χ1v) is 12.3. The van der Waals surface area contributed by atoms with Crippen molar-refractivity contribution in [1.82, 2.24) is 0 Å². The predicted molar refractivity (Wildman–Crippen MR) is 137 cm³/mol. The van der Waals surface area contributed by atoms with Gasteiger partial charge in [-0.3, -0.25) is 0 Å². The highest BCUT2D eigenvalue weighted by atomic mass is 19.4. The molecule has 3 rings (SSSR count). The normalized spacial score (nSPS) is 13.1. The summed E-state index contributed by atoms with van der Waals surface area (Å²) in [6.07, 6.45) is -5.40. The Morgan fingerprint density at radius 3 is 2.31 bits per heavy atom. The van der Waals surface area contributed by atoms with E-state index in [9.17, 15) is 28.2 Å². The Morgan fingerprint density at radius 1 is 1.00 bits per heavy atom. The molecule has 0 spiro atoms. The minimum absolute atomic E-state index is 0.105. The van der Waals surface area contributed by atoms with Crippen LogP contribution < -0.4 is 14.2 Å². The number of methoxy groups -OCH3 is 1. The van der Waals surface area contributed by atoms with Crippen molar-refractivity contribution >= 4 is 16.9 Å². The van der Waals surface area contributed by atoms with Gasteiger partial charge in [0.1, 0.15) is 28.6 Å². The Bertz CT molecular complexity index is 1270. The van der Waals surface area contributed by atoms with E-state index in [1.54, 1.807) is 31.2 Å². The Balaban J connectivity index is 1.53. The summed E-state index contributed by atoms with van der Waals surface area (Å²) in [4.78, 5) is 11.3. The second-order valence-electron chi connectivity index (χ2n) is 8.90. The average Bonchev–Trinajstić information content (AvgIpc) is 3.30. The molecule has 1 heterocycles. The minimum atomic E-state index is -4.89. The van der Waals surface area contributed by atoms with E-state index in [0.29, 0.717) is 41.6 Å². The molecule has 8 nitrogen and oxygen atoms in total. The maximum Gasteiger partial charge on any atom is 0.573 e. The molecular formula is C28H31F3O8. The van der Waals surface area contributed by atoms with Crippen LogP contribution in [0.25, 0.3) is 22.3 Å². The molecule has 0 aliphatic heterocycles. The summed E-state index contributed by atoms with van der Waals surface area (Å²) in [6, 6.07) is 10.7. The van der Waals surface area contributed by atoms with Gasteiger partial charge in [-0.05, 0) is 62.9 Å². The lowest BCUT2D eigenvalue weighted by molar-refractivity contribution is -0.274. The molecule has 0 aliphatic rings. The van der Waals surface area contributed by atoms with Crippen LogP contribution in [-0.4, -0.2) is 55.1 Å². The SMILES string of the molecule is C=C(C)C(=O)OCCCC(O)C(O)CCCOc1ccc2cc(-c3ccc(OC)cc3OC(F)(F)F)oc2c1. The topological polar surface area (TPSA) is 108 Å². The van der Waals surface area contributed by atoms with Gasteiger partial charge in [-0.25, -0.2) is 4.79 Å². The van der Waals surface area contributed by atoms with E-state index in [-0.39, 0.29) is 36.7 Å². The van der Waals surface area contributed by atoms with Crippen LogP contribution in [0.15, 0.2) is 59.0 Å². The van der Waals surface area contributed by atoms with Gasteiger partial charge in [0.05, 0.1) is 38.1 Å². The highest BCUT2D eigenvalue weighted by Crippen LogP contribution is 2.39. The molecule has 2 atom stereocenters. The molecule has 39 heavy (non-hydrogen) atoms. The molecule has 0 amide bonds. The molecule has 3 aromatic rings. The quantitative estimate of drug-likeness (QED) is 0.147. The van der Waals surface area contributed by atoms with E-state index in [2.05, 4.69) is 11.3 Å². The van der Waals surface area contributed by atoms with Crippen LogP contribution in [-0.2, 0) is 9.53 Å². The van der Waals surface area contributed by atoms with Crippen molar-refractivity contribution in [3.8, 4) is 28.6 Å². The second-order valence-corrected chi connectivity index (χ2v) is 8.90. The van der Waals surface area contributed by atoms with Crippen molar-refractivity contribution in [3.05, 3.63) is 54.6 Å². The number of hydrogen-bond acceptors (Lipinski definition) is 8. The standard InChI is InChI=1S/C28H31F3O8/c1-17(2)27(34)37-13-5-7-23(33)22(32)6-4-12-36-20-9-8-18-14-25(38-24(18)16-20)21-11-10-19(35-3)15-26(21)39-28(29,30)31/h8-11,14-16,22-23,32-33H,1,4-7,12-13H2,2-3H3. The zero-order valence-corrected chi connectivity index (χ0v) is 21.6. The summed E-state index contributed by atoms with van der Waals surface area (Å²) < 4.78 is 64.4. The maximum atomic E-state index is 12.9. The second kappa shape index (κ2) is 13.4. The first-order chi connectivity index (χ1) is 18.5. The number of hydrogen-bond donors (Lipinski definition) is 2. The van der Waals surface area contributed by atoms with Gasteiger partial charge in [0.15, 0.2) is 0 Å². The number of carbonyl (C=O) groups excluding carboxylic acids is 1. The van der Waals surface area contributed by atoms with Gasteiger partial charge < -0.3 is 33.6 Å². The average molecular weight is 553 g/mol. The molecular weight excluding hydrogens is 521 g/mol. The Kier molecular flexibility index (Phi) is 10.2. The van der Waals surface area contributed by atoms with Gasteiger partial charge in [0, 0.05) is 23.1 Å². The number of carbonyl (C=O) groups is 1. The Labute approximate surface area is 223 Å². The third kappa shape index (κ3) is 8.93. The molecule has 0 aliphatic carbocycles. The predicted octanol–water partition coefficient (Wildman–Crippen LogP) is 5.79. The van der Waals surface area contributed by atoms with E-state index in [4.69, 9.17) is 18.6 Å². The van der Waals surface area contributed by atoms with Gasteiger partial charge >= 0.3 is 12.3 Å². The number of rotatable bonds is 14. The molecule has 2 N–H and O–H groups in total. The summed E-state index contributed by atoms with van der Waals surface area (Å²) in [5, 5.41) is 20.9. The van der Waals surface area contributed by atoms with E-state index in [1.165, 1.54) is 19.2 Å². The fraction of sp³-hybridized carbons (Fsp3) is 0.393. The number of aliphatic hydroxyl groups excluding tert-OH is 2. The number of fused-ring (bicyclic) bond motifs is 1. The summed E-state index contributed by atoms with van der Waals surface area (Å²) in [7, 11) is 1.34. The van der Waals surface area contributed by atoms with Crippen LogP contribution in [0.4, 0.5) is 13.2 Å². The summed E-state index contributed by atoms with van der Waals surface area (Å²) in [5.74, 6) is -0.0977. The Hall–Kier alpha value is -3.70. The molecule has 0 fully saturated rings. The van der Waals surface area contributed by atoms with Crippen molar-refractivity contribution in [2.45, 2.75) is 51.2 Å². The van der Waals surface area contributed by atoms with E-state index < -0.39 is 30.3 Å². The minimum Gasteiger partial charge on any atom is -0.497 e. The van der Waals surface area contributed by atoms with Gasteiger partial charge in [0.2, 0.25) is 0 Å². The van der Waals surface area contributed by atoms with Gasteiger partial charge in [-0.1, -0.05) is 6.58 Å². The smallest absolute Gasteiger partial charge is 0.497 e. The number of ether oxygens (including phenoxy) is 4. The first kappa shape index (κ1) is 29.9. The highest BCUT2D eigenvalue weighted by molar-refractivity contribution is 5.87. The van der Waals surface area contributed by atoms with Crippen molar-refractivity contribution < 1.29 is 51.5 Å². The molecule has 0 radical (unpaired) electrons. The third-order valence-corrected chi connectivity index (χ3v) is 5.75. The number of esters is 1. The lowest BCUT2D eigenvalue weighted by atomic mass is 10.0. The first-order valence-electron chi connectivity index (χ1n) is 12.3. The van der Waals surface area contributed by atoms with Crippen LogP contribution >= 0.6 is 0 Å². The number of aliphatic hydroxyl groups is 2. The van der Waals surface area contributed by atoms with E-state index in [1.807, 2.05) is 0 Å². The highest BCUT2D eigenvalue weighted by Gasteiger charge is 2.33. The summed E-state index contributed by atoms with van der Waals surface area (Å²) in [6.45, 7) is 5.41. The van der Waals surface area contributed by atoms with Crippen molar-refractivity contribution in [1.29, 1.82) is 0 Å². The van der Waals surface area contributed by atoms with Gasteiger partial charge in [0.25, 0.3) is 0 Å². The monoisotopic (exact) mass is 552 g/mol. The molecule has 2 unspecified atom stereocenters. The van der Waals surface area contributed by atoms with Crippen molar-refractivity contribution in [2.24, 2.45) is 0 Å². The molecule has 11 heteroatoms. The molecule has 1 aromatic heterocycles. The van der Waals surface area contributed by atoms with Crippen LogP contribution in [0.2, 0.25) is 0 Å². The fourth-order valence-electron chi connectivity index (χ4n) is 3.72. The number of halogens is 3. The zero-order chi connectivity index (χ0) is 28.6. The third-order valence-electron chi connectivity index (χ3n) is 5.75.